The maximum absolute atomic E-state index is 8.56. The molecule has 52 heavy (non-hydrogen) atoms. The Morgan fingerprint density at radius 2 is 0.462 bits per heavy atom. The lowest BCUT2D eigenvalue weighted by Crippen LogP contribution is -2.82. The average Bonchev–Trinajstić information content (AvgIpc) is 3.89. The van der Waals surface area contributed by atoms with Crippen molar-refractivity contribution in [3.8, 4) is 0 Å². The second-order valence-electron chi connectivity index (χ2n) is 18.5. The lowest BCUT2D eigenvalue weighted by molar-refractivity contribution is -0.0120. The first-order valence-corrected chi connectivity index (χ1v) is 29.9. The van der Waals surface area contributed by atoms with Gasteiger partial charge < -0.3 is 35.4 Å². The molecule has 0 spiro atoms. The first-order chi connectivity index (χ1) is 24.6. The fourth-order valence-corrected chi connectivity index (χ4v) is 41.2. The van der Waals surface area contributed by atoms with Gasteiger partial charge in [-0.05, 0) is 134 Å². The zero-order valence-electron chi connectivity index (χ0n) is 35.5. The molecule has 12 heteroatoms. The van der Waals surface area contributed by atoms with Gasteiger partial charge in [0.05, 0.1) is 47.3 Å². The maximum Gasteiger partial charge on any atom is 0.353 e. The largest absolute Gasteiger partial charge is 0.412 e. The molecule has 5 fully saturated rings. The molecule has 4 unspecified atom stereocenters. The van der Waals surface area contributed by atoms with Crippen molar-refractivity contribution in [2.45, 2.75) is 255 Å². The zero-order valence-corrected chi connectivity index (χ0v) is 39.5. The van der Waals surface area contributed by atoms with Crippen molar-refractivity contribution >= 4 is 34.2 Å². The van der Waals surface area contributed by atoms with Gasteiger partial charge in [-0.25, -0.2) is 0 Å². The van der Waals surface area contributed by atoms with Gasteiger partial charge in [0.2, 0.25) is 0 Å². The Balaban J connectivity index is 1.88. The smallest absolute Gasteiger partial charge is 0.353 e. The Labute approximate surface area is 323 Å². The van der Waals surface area contributed by atoms with Crippen LogP contribution in [0.1, 0.15) is 186 Å². The SMILES string of the molecule is CC(C)OC(C)[Si]1(C2CCCC2)O[Si](C2CCCC2)(C(C)OC(C)C)O[Si](C2CCCC2)(C(C)OC(C)C)O[Si](C2CCCC2)(C(C)OC(C)C)O1. The molecule has 1 aliphatic heterocycles. The summed E-state index contributed by atoms with van der Waals surface area (Å²) >= 11 is 0. The van der Waals surface area contributed by atoms with E-state index in [1.165, 1.54) is 51.4 Å². The van der Waals surface area contributed by atoms with Gasteiger partial charge in [0.15, 0.2) is 0 Å². The second-order valence-corrected chi connectivity index (χ2v) is 34.1. The van der Waals surface area contributed by atoms with E-state index in [0.717, 1.165) is 51.4 Å². The highest BCUT2D eigenvalue weighted by atomic mass is 28.5. The van der Waals surface area contributed by atoms with Crippen LogP contribution in [0, 0.1) is 0 Å². The second kappa shape index (κ2) is 18.4. The van der Waals surface area contributed by atoms with E-state index >= 15 is 0 Å². The summed E-state index contributed by atoms with van der Waals surface area (Å²) in [6.45, 7) is 26.5. The van der Waals surface area contributed by atoms with Crippen LogP contribution in [0.5, 0.6) is 0 Å². The van der Waals surface area contributed by atoms with Crippen LogP contribution in [0.2, 0.25) is 22.2 Å². The number of hydrogen-bond acceptors (Lipinski definition) is 8. The first-order valence-electron chi connectivity index (χ1n) is 22.0. The molecule has 5 aliphatic rings. The summed E-state index contributed by atoms with van der Waals surface area (Å²) in [5, 5.41) is 0. The lowest BCUT2D eigenvalue weighted by atomic mass is 10.4. The molecule has 1 saturated heterocycles. The monoisotopic (exact) mass is 800 g/mol. The summed E-state index contributed by atoms with van der Waals surface area (Å²) < 4.78 is 62.4. The van der Waals surface area contributed by atoms with Crippen molar-refractivity contribution in [2.24, 2.45) is 0 Å². The highest BCUT2D eigenvalue weighted by Gasteiger charge is 2.75. The Hall–Kier alpha value is 0.548. The first kappa shape index (κ1) is 43.7. The molecule has 304 valence electrons. The number of hydrogen-bond donors (Lipinski definition) is 0. The van der Waals surface area contributed by atoms with E-state index in [1.807, 2.05) is 0 Å². The Bertz CT molecular complexity index is 909. The van der Waals surface area contributed by atoms with Gasteiger partial charge in [-0.3, -0.25) is 0 Å². The molecule has 0 bridgehead atoms. The molecule has 0 radical (unpaired) electrons. The number of ether oxygens (including phenoxy) is 4. The minimum Gasteiger partial charge on any atom is -0.412 e. The summed E-state index contributed by atoms with van der Waals surface area (Å²) in [5.41, 5.74) is 0.460. The fraction of sp³-hybridized carbons (Fsp3) is 1.00. The lowest BCUT2D eigenvalue weighted by Gasteiger charge is -2.61. The normalized spacial score (nSPS) is 36.0. The molecule has 0 aromatic carbocycles. The van der Waals surface area contributed by atoms with Crippen LogP contribution in [0.25, 0.3) is 0 Å². The number of rotatable bonds is 16. The third-order valence-electron chi connectivity index (χ3n) is 13.1. The molecule has 0 N–H and O–H groups in total. The van der Waals surface area contributed by atoms with Crippen LogP contribution in [-0.2, 0) is 35.4 Å². The molecule has 4 aliphatic carbocycles. The van der Waals surface area contributed by atoms with Gasteiger partial charge in [-0.1, -0.05) is 51.4 Å². The van der Waals surface area contributed by atoms with Crippen LogP contribution >= 0.6 is 0 Å². The van der Waals surface area contributed by atoms with E-state index in [2.05, 4.69) is 83.1 Å². The van der Waals surface area contributed by atoms with Crippen molar-refractivity contribution in [3.63, 3.8) is 0 Å². The van der Waals surface area contributed by atoms with E-state index in [9.17, 15) is 0 Å². The molecule has 1 heterocycles. The van der Waals surface area contributed by atoms with Gasteiger partial charge in [0.1, 0.15) is 0 Å². The third-order valence-corrected chi connectivity index (χ3v) is 35.3. The predicted octanol–water partition coefficient (Wildman–Crippen LogP) is 11.0. The zero-order chi connectivity index (χ0) is 37.9. The van der Waals surface area contributed by atoms with E-state index in [0.29, 0.717) is 22.2 Å². The Kier molecular flexibility index (Phi) is 15.5. The molecule has 0 amide bonds. The van der Waals surface area contributed by atoms with Gasteiger partial charge in [-0.2, -0.15) is 0 Å². The van der Waals surface area contributed by atoms with Gasteiger partial charge in [0.25, 0.3) is 0 Å². The summed E-state index contributed by atoms with van der Waals surface area (Å²) in [5.74, 6) is 0. The predicted molar refractivity (Wildman–Crippen MR) is 219 cm³/mol. The van der Waals surface area contributed by atoms with E-state index in [4.69, 9.17) is 35.4 Å². The summed E-state index contributed by atoms with van der Waals surface area (Å²) in [4.78, 5) is 0. The third kappa shape index (κ3) is 9.14. The van der Waals surface area contributed by atoms with E-state index < -0.39 is 34.2 Å². The molecule has 4 atom stereocenters. The van der Waals surface area contributed by atoms with Gasteiger partial charge >= 0.3 is 34.2 Å². The van der Waals surface area contributed by atoms with Crippen LogP contribution < -0.4 is 0 Å². The minimum absolute atomic E-state index is 0.0467. The maximum atomic E-state index is 8.56. The van der Waals surface area contributed by atoms with E-state index in [-0.39, 0.29) is 47.3 Å². The highest BCUT2D eigenvalue weighted by molar-refractivity contribution is 6.97. The highest BCUT2D eigenvalue weighted by Crippen LogP contribution is 2.58. The van der Waals surface area contributed by atoms with Crippen molar-refractivity contribution in [1.82, 2.24) is 0 Å². The van der Waals surface area contributed by atoms with Crippen LogP contribution in [0.15, 0.2) is 0 Å². The average molecular weight is 801 g/mol. The van der Waals surface area contributed by atoms with E-state index in [1.54, 1.807) is 0 Å². The van der Waals surface area contributed by atoms with Crippen molar-refractivity contribution in [2.75, 3.05) is 0 Å². The summed E-state index contributed by atoms with van der Waals surface area (Å²) in [6.07, 6.45) is 18.7. The van der Waals surface area contributed by atoms with Gasteiger partial charge in [-0.15, -0.1) is 0 Å². The minimum atomic E-state index is -3.33. The Morgan fingerprint density at radius 1 is 0.308 bits per heavy atom. The van der Waals surface area contributed by atoms with Crippen molar-refractivity contribution in [3.05, 3.63) is 0 Å². The standard InChI is InChI=1S/C40H80O8Si4/c1-29(2)41-33(9)49(37-21-13-14-22-37)45-50(34(10)42-30(3)4,38-23-15-16-24-38)47-52(36(12)44-32(7)8,40-27-19-20-28-40)48-51(46-49,35(11)43-31(5)6)39-25-17-18-26-39/h29-40H,13-28H2,1-12H3. The molecule has 4 saturated carbocycles. The van der Waals surface area contributed by atoms with Gasteiger partial charge in [0, 0.05) is 22.2 Å². The van der Waals surface area contributed by atoms with Crippen LogP contribution in [0.3, 0.4) is 0 Å². The van der Waals surface area contributed by atoms with Crippen LogP contribution in [-0.4, -0.2) is 81.6 Å². The molecule has 0 aromatic rings. The molecule has 8 nitrogen and oxygen atoms in total. The molecule has 0 aromatic heterocycles. The topological polar surface area (TPSA) is 73.8 Å². The van der Waals surface area contributed by atoms with Crippen molar-refractivity contribution in [1.29, 1.82) is 0 Å². The summed E-state index contributed by atoms with van der Waals surface area (Å²) in [6, 6.07) is 0. The summed E-state index contributed by atoms with van der Waals surface area (Å²) in [7, 11) is -13.3. The molecular weight excluding hydrogens is 721 g/mol. The fourth-order valence-electron chi connectivity index (χ4n) is 11.1. The molecular formula is C40H80O8Si4. The quantitative estimate of drug-likeness (QED) is 0.143. The molecule has 5 rings (SSSR count). The Morgan fingerprint density at radius 3 is 0.596 bits per heavy atom. The van der Waals surface area contributed by atoms with Crippen molar-refractivity contribution < 1.29 is 35.4 Å². The van der Waals surface area contributed by atoms with Crippen LogP contribution in [0.4, 0.5) is 0 Å².